The number of benzene rings is 1. The van der Waals surface area contributed by atoms with Gasteiger partial charge < -0.3 is 4.74 Å². The van der Waals surface area contributed by atoms with Gasteiger partial charge in [0.05, 0.1) is 0 Å². The molecule has 5 heteroatoms. The molecule has 0 amide bonds. The second-order valence-electron chi connectivity index (χ2n) is 3.20. The zero-order chi connectivity index (χ0) is 12.0. The normalized spacial score (nSPS) is 11.5. The summed E-state index contributed by atoms with van der Waals surface area (Å²) in [6, 6.07) is 6.21. The number of alkyl halides is 3. The molecule has 1 aromatic carbocycles. The number of halogens is 3. The molecule has 0 N–H and O–H groups in total. The molecule has 90 valence electrons. The molecule has 0 heterocycles. The summed E-state index contributed by atoms with van der Waals surface area (Å²) in [5, 5.41) is 0. The molecule has 0 aliphatic heterocycles. The lowest BCUT2D eigenvalue weighted by Gasteiger charge is -2.12. The van der Waals surface area contributed by atoms with Crippen molar-refractivity contribution in [3.8, 4) is 5.75 Å². The summed E-state index contributed by atoms with van der Waals surface area (Å²) in [7, 11) is 0. The van der Waals surface area contributed by atoms with Gasteiger partial charge in [0.2, 0.25) is 0 Å². The van der Waals surface area contributed by atoms with Crippen LogP contribution in [0.4, 0.5) is 13.2 Å². The minimum absolute atomic E-state index is 0.115. The molecule has 0 fully saturated rings. The van der Waals surface area contributed by atoms with Crippen LogP contribution in [0.15, 0.2) is 29.2 Å². The van der Waals surface area contributed by atoms with Gasteiger partial charge in [-0.25, -0.2) is 0 Å². The van der Waals surface area contributed by atoms with Crippen molar-refractivity contribution in [1.82, 2.24) is 0 Å². The first kappa shape index (κ1) is 13.2. The lowest BCUT2D eigenvalue weighted by atomic mass is 10.3. The first-order chi connectivity index (χ1) is 7.53. The van der Waals surface area contributed by atoms with E-state index in [2.05, 4.69) is 4.74 Å². The summed E-state index contributed by atoms with van der Waals surface area (Å²) in [6.07, 6.45) is -2.62. The third kappa shape index (κ3) is 4.79. The Balaban J connectivity index is 2.68. The molecule has 0 aromatic heterocycles. The smallest absolute Gasteiger partial charge is 0.405 e. The van der Waals surface area contributed by atoms with Crippen LogP contribution in [0, 0.1) is 0 Å². The summed E-state index contributed by atoms with van der Waals surface area (Å²) in [5.74, 6) is 0.686. The summed E-state index contributed by atoms with van der Waals surface area (Å²) >= 11 is 1.39. The maximum atomic E-state index is 12.1. The van der Waals surface area contributed by atoms with Gasteiger partial charge in [0.1, 0.15) is 5.75 Å². The third-order valence-corrected chi connectivity index (χ3v) is 2.97. The number of hydrogen-bond acceptors (Lipinski definition) is 2. The van der Waals surface area contributed by atoms with E-state index in [0.717, 1.165) is 18.6 Å². The van der Waals surface area contributed by atoms with Crippen molar-refractivity contribution < 1.29 is 17.9 Å². The van der Waals surface area contributed by atoms with Crippen molar-refractivity contribution >= 4 is 11.8 Å². The van der Waals surface area contributed by atoms with E-state index in [-0.39, 0.29) is 5.75 Å². The average molecular weight is 250 g/mol. The van der Waals surface area contributed by atoms with E-state index < -0.39 is 6.36 Å². The SMILES string of the molecule is CCCCSc1ccccc1OC(F)(F)F. The fourth-order valence-corrected chi connectivity index (χ4v) is 2.18. The summed E-state index contributed by atoms with van der Waals surface area (Å²) in [6.45, 7) is 2.04. The van der Waals surface area contributed by atoms with Crippen LogP contribution in [0.1, 0.15) is 19.8 Å². The molecule has 0 atom stereocenters. The Morgan fingerprint density at radius 3 is 2.56 bits per heavy atom. The highest BCUT2D eigenvalue weighted by Crippen LogP contribution is 2.33. The molecule has 1 nitrogen and oxygen atoms in total. The maximum Gasteiger partial charge on any atom is 0.573 e. The Hall–Kier alpha value is -0.840. The van der Waals surface area contributed by atoms with Crippen LogP contribution in [0.2, 0.25) is 0 Å². The van der Waals surface area contributed by atoms with E-state index in [1.165, 1.54) is 23.9 Å². The van der Waals surface area contributed by atoms with Gasteiger partial charge in [-0.1, -0.05) is 25.5 Å². The molecule has 16 heavy (non-hydrogen) atoms. The van der Waals surface area contributed by atoms with E-state index in [0.29, 0.717) is 4.90 Å². The zero-order valence-corrected chi connectivity index (χ0v) is 9.70. The van der Waals surface area contributed by atoms with Crippen molar-refractivity contribution in [3.63, 3.8) is 0 Å². The summed E-state index contributed by atoms with van der Waals surface area (Å²) < 4.78 is 40.2. The van der Waals surface area contributed by atoms with Crippen molar-refractivity contribution in [2.45, 2.75) is 31.0 Å². The lowest BCUT2D eigenvalue weighted by molar-refractivity contribution is -0.275. The standard InChI is InChI=1S/C11H13F3OS/c1-2-3-8-16-10-7-5-4-6-9(10)15-11(12,13)14/h4-7H,2-3,8H2,1H3. The first-order valence-corrected chi connectivity index (χ1v) is 5.99. The van der Waals surface area contributed by atoms with Crippen LogP contribution in [-0.2, 0) is 0 Å². The molecule has 0 aliphatic carbocycles. The van der Waals surface area contributed by atoms with E-state index in [9.17, 15) is 13.2 Å². The highest BCUT2D eigenvalue weighted by atomic mass is 32.2. The maximum absolute atomic E-state index is 12.1. The number of para-hydroxylation sites is 1. The minimum Gasteiger partial charge on any atom is -0.405 e. The Morgan fingerprint density at radius 2 is 1.94 bits per heavy atom. The number of unbranched alkanes of at least 4 members (excludes halogenated alkanes) is 1. The fraction of sp³-hybridized carbons (Fsp3) is 0.455. The highest BCUT2D eigenvalue weighted by Gasteiger charge is 2.31. The number of rotatable bonds is 5. The van der Waals surface area contributed by atoms with Gasteiger partial charge in [0, 0.05) is 4.90 Å². The van der Waals surface area contributed by atoms with Gasteiger partial charge in [-0.05, 0) is 24.3 Å². The molecule has 0 saturated carbocycles. The number of thioether (sulfide) groups is 1. The number of hydrogen-bond donors (Lipinski definition) is 0. The molecular formula is C11H13F3OS. The molecule has 0 bridgehead atoms. The largest absolute Gasteiger partial charge is 0.573 e. The Morgan fingerprint density at radius 1 is 1.25 bits per heavy atom. The second kappa shape index (κ2) is 6.03. The summed E-state index contributed by atoms with van der Waals surface area (Å²) in [5.41, 5.74) is 0. The quantitative estimate of drug-likeness (QED) is 0.563. The van der Waals surface area contributed by atoms with Crippen molar-refractivity contribution in [2.24, 2.45) is 0 Å². The van der Waals surface area contributed by atoms with Crippen LogP contribution < -0.4 is 4.74 Å². The monoisotopic (exact) mass is 250 g/mol. The molecule has 0 saturated heterocycles. The molecule has 1 rings (SSSR count). The van der Waals surface area contributed by atoms with Crippen LogP contribution in [0.25, 0.3) is 0 Å². The number of ether oxygens (including phenoxy) is 1. The van der Waals surface area contributed by atoms with Crippen molar-refractivity contribution in [2.75, 3.05) is 5.75 Å². The van der Waals surface area contributed by atoms with Gasteiger partial charge in [-0.3, -0.25) is 0 Å². The van der Waals surface area contributed by atoms with Crippen molar-refractivity contribution in [1.29, 1.82) is 0 Å². The lowest BCUT2D eigenvalue weighted by Crippen LogP contribution is -2.17. The van der Waals surface area contributed by atoms with Gasteiger partial charge in [-0.15, -0.1) is 24.9 Å². The minimum atomic E-state index is -4.62. The van der Waals surface area contributed by atoms with E-state index in [1.54, 1.807) is 12.1 Å². The van der Waals surface area contributed by atoms with Crippen LogP contribution >= 0.6 is 11.8 Å². The Labute approximate surface area is 97.0 Å². The Kier molecular flexibility index (Phi) is 4.99. The van der Waals surface area contributed by atoms with Gasteiger partial charge >= 0.3 is 6.36 Å². The average Bonchev–Trinajstić information content (AvgIpc) is 2.19. The van der Waals surface area contributed by atoms with Gasteiger partial charge in [-0.2, -0.15) is 0 Å². The molecule has 0 radical (unpaired) electrons. The second-order valence-corrected chi connectivity index (χ2v) is 4.33. The van der Waals surface area contributed by atoms with E-state index >= 15 is 0 Å². The Bertz CT molecular complexity index is 325. The highest BCUT2D eigenvalue weighted by molar-refractivity contribution is 7.99. The van der Waals surface area contributed by atoms with Crippen molar-refractivity contribution in [3.05, 3.63) is 24.3 Å². The molecule has 1 aromatic rings. The third-order valence-electron chi connectivity index (χ3n) is 1.83. The predicted molar refractivity (Wildman–Crippen MR) is 58.8 cm³/mol. The first-order valence-electron chi connectivity index (χ1n) is 5.00. The fourth-order valence-electron chi connectivity index (χ4n) is 1.10. The summed E-state index contributed by atoms with van der Waals surface area (Å²) in [4.78, 5) is 0.535. The van der Waals surface area contributed by atoms with Gasteiger partial charge in [0.25, 0.3) is 0 Å². The van der Waals surface area contributed by atoms with Crippen LogP contribution in [0.3, 0.4) is 0 Å². The molecule has 0 aliphatic rings. The van der Waals surface area contributed by atoms with Gasteiger partial charge in [0.15, 0.2) is 0 Å². The molecule has 0 spiro atoms. The zero-order valence-electron chi connectivity index (χ0n) is 8.88. The van der Waals surface area contributed by atoms with E-state index in [1.807, 2.05) is 6.92 Å². The van der Waals surface area contributed by atoms with Crippen LogP contribution in [-0.4, -0.2) is 12.1 Å². The molecule has 0 unspecified atom stereocenters. The topological polar surface area (TPSA) is 9.23 Å². The van der Waals surface area contributed by atoms with Crippen LogP contribution in [0.5, 0.6) is 5.75 Å². The van der Waals surface area contributed by atoms with E-state index in [4.69, 9.17) is 0 Å². The predicted octanol–water partition coefficient (Wildman–Crippen LogP) is 4.48. The molecular weight excluding hydrogens is 237 g/mol.